The van der Waals surface area contributed by atoms with Crippen molar-refractivity contribution in [1.82, 2.24) is 0 Å². The van der Waals surface area contributed by atoms with Gasteiger partial charge in [0.25, 0.3) is 5.91 Å². The van der Waals surface area contributed by atoms with Gasteiger partial charge in [0.1, 0.15) is 11.8 Å². The Morgan fingerprint density at radius 3 is 2.64 bits per heavy atom. The zero-order chi connectivity index (χ0) is 10.7. The summed E-state index contributed by atoms with van der Waals surface area (Å²) in [6.45, 7) is 1.74. The molecule has 0 aliphatic rings. The summed E-state index contributed by atoms with van der Waals surface area (Å²) >= 11 is 0. The lowest BCUT2D eigenvalue weighted by Crippen LogP contribution is -2.15. The second kappa shape index (κ2) is 3.79. The van der Waals surface area contributed by atoms with E-state index < -0.39 is 5.91 Å². The van der Waals surface area contributed by atoms with E-state index in [1.165, 1.54) is 7.11 Å². The predicted octanol–water partition coefficient (Wildman–Crippen LogP) is 0.974. The standard InChI is InChI=1S/C10H10N2O2/c1-6-3-4-8(14-2)9(10(12)13)7(6)5-11/h3-4H,1-2H3,(H2,12,13). The van der Waals surface area contributed by atoms with Gasteiger partial charge >= 0.3 is 0 Å². The van der Waals surface area contributed by atoms with Gasteiger partial charge in [-0.15, -0.1) is 0 Å². The van der Waals surface area contributed by atoms with Crippen LogP contribution in [0.15, 0.2) is 12.1 Å². The lowest BCUT2D eigenvalue weighted by Gasteiger charge is -2.08. The first-order valence-electron chi connectivity index (χ1n) is 3.99. The Kier molecular flexibility index (Phi) is 2.73. The number of nitrogens with two attached hydrogens (primary N) is 1. The average molecular weight is 190 g/mol. The lowest BCUT2D eigenvalue weighted by molar-refractivity contribution is 0.0997. The highest BCUT2D eigenvalue weighted by Crippen LogP contribution is 2.23. The molecule has 0 aliphatic heterocycles. The minimum Gasteiger partial charge on any atom is -0.496 e. The highest BCUT2D eigenvalue weighted by atomic mass is 16.5. The number of methoxy groups -OCH3 is 1. The van der Waals surface area contributed by atoms with Crippen LogP contribution < -0.4 is 10.5 Å². The van der Waals surface area contributed by atoms with Gasteiger partial charge in [0, 0.05) is 0 Å². The molecule has 0 heterocycles. The molecule has 0 aromatic heterocycles. The van der Waals surface area contributed by atoms with Gasteiger partial charge in [-0.05, 0) is 18.6 Å². The zero-order valence-electron chi connectivity index (χ0n) is 8.00. The summed E-state index contributed by atoms with van der Waals surface area (Å²) in [6, 6.07) is 5.27. The van der Waals surface area contributed by atoms with Crippen molar-refractivity contribution in [2.45, 2.75) is 6.92 Å². The number of hydrogen-bond acceptors (Lipinski definition) is 3. The molecule has 0 fully saturated rings. The Balaban J connectivity index is 3.54. The maximum absolute atomic E-state index is 11.1. The van der Waals surface area contributed by atoms with Crippen molar-refractivity contribution in [2.24, 2.45) is 5.73 Å². The summed E-state index contributed by atoms with van der Waals surface area (Å²) in [5.41, 5.74) is 6.30. The SMILES string of the molecule is COc1ccc(C)c(C#N)c1C(N)=O. The fourth-order valence-electron chi connectivity index (χ4n) is 1.25. The van der Waals surface area contributed by atoms with Crippen LogP contribution in [0.4, 0.5) is 0 Å². The first-order chi connectivity index (χ1) is 6.61. The second-order valence-corrected chi connectivity index (χ2v) is 2.81. The number of carbonyl (C=O) groups excluding carboxylic acids is 1. The Morgan fingerprint density at radius 1 is 1.57 bits per heavy atom. The first-order valence-corrected chi connectivity index (χ1v) is 3.99. The monoisotopic (exact) mass is 190 g/mol. The van der Waals surface area contributed by atoms with Gasteiger partial charge in [-0.25, -0.2) is 0 Å². The van der Waals surface area contributed by atoms with Gasteiger partial charge in [-0.1, -0.05) is 6.07 Å². The topological polar surface area (TPSA) is 76.1 Å². The molecule has 0 atom stereocenters. The highest BCUT2D eigenvalue weighted by molar-refractivity contribution is 5.98. The third kappa shape index (κ3) is 1.52. The van der Waals surface area contributed by atoms with Crippen molar-refractivity contribution in [3.8, 4) is 11.8 Å². The van der Waals surface area contributed by atoms with E-state index >= 15 is 0 Å². The smallest absolute Gasteiger partial charge is 0.253 e. The van der Waals surface area contributed by atoms with Crippen LogP contribution >= 0.6 is 0 Å². The quantitative estimate of drug-likeness (QED) is 0.755. The van der Waals surface area contributed by atoms with Crippen LogP contribution in [0.5, 0.6) is 5.75 Å². The van der Waals surface area contributed by atoms with E-state index in [9.17, 15) is 4.79 Å². The van der Waals surface area contributed by atoms with Crippen molar-refractivity contribution in [1.29, 1.82) is 5.26 Å². The summed E-state index contributed by atoms with van der Waals surface area (Å²) in [4.78, 5) is 11.1. The minimum absolute atomic E-state index is 0.148. The maximum Gasteiger partial charge on any atom is 0.253 e. The van der Waals surface area contributed by atoms with Crippen molar-refractivity contribution in [2.75, 3.05) is 7.11 Å². The minimum atomic E-state index is -0.651. The molecule has 1 aromatic rings. The van der Waals surface area contributed by atoms with Crippen molar-refractivity contribution < 1.29 is 9.53 Å². The number of aryl methyl sites for hydroxylation is 1. The zero-order valence-corrected chi connectivity index (χ0v) is 8.00. The number of primary amides is 1. The largest absolute Gasteiger partial charge is 0.496 e. The molecule has 72 valence electrons. The van der Waals surface area contributed by atoms with Crippen LogP contribution in [-0.4, -0.2) is 13.0 Å². The molecule has 0 unspecified atom stereocenters. The molecule has 0 saturated carbocycles. The van der Waals surface area contributed by atoms with Crippen LogP contribution in [-0.2, 0) is 0 Å². The third-order valence-corrected chi connectivity index (χ3v) is 1.95. The Labute approximate surface area is 81.9 Å². The summed E-state index contributed by atoms with van der Waals surface area (Å²) in [6.07, 6.45) is 0. The molecule has 1 rings (SSSR count). The van der Waals surface area contributed by atoms with Crippen LogP contribution in [0.2, 0.25) is 0 Å². The number of benzene rings is 1. The molecule has 0 radical (unpaired) electrons. The summed E-state index contributed by atoms with van der Waals surface area (Å²) in [5, 5.41) is 8.85. The number of ether oxygens (including phenoxy) is 1. The fourth-order valence-corrected chi connectivity index (χ4v) is 1.25. The van der Waals surface area contributed by atoms with E-state index in [4.69, 9.17) is 15.7 Å². The van der Waals surface area contributed by atoms with Gasteiger partial charge in [0.2, 0.25) is 0 Å². The van der Waals surface area contributed by atoms with E-state index in [-0.39, 0.29) is 11.1 Å². The molecule has 14 heavy (non-hydrogen) atoms. The lowest BCUT2D eigenvalue weighted by atomic mass is 10.0. The van der Waals surface area contributed by atoms with E-state index in [0.29, 0.717) is 11.3 Å². The number of carbonyl (C=O) groups is 1. The van der Waals surface area contributed by atoms with Gasteiger partial charge in [-0.3, -0.25) is 4.79 Å². The van der Waals surface area contributed by atoms with Crippen LogP contribution in [0, 0.1) is 18.3 Å². The summed E-state index contributed by atoms with van der Waals surface area (Å²) < 4.78 is 4.95. The average Bonchev–Trinajstić information content (AvgIpc) is 2.17. The van der Waals surface area contributed by atoms with Crippen molar-refractivity contribution in [3.63, 3.8) is 0 Å². The van der Waals surface area contributed by atoms with Crippen molar-refractivity contribution in [3.05, 3.63) is 28.8 Å². The molecule has 0 spiro atoms. The molecule has 4 nitrogen and oxygen atoms in total. The number of amides is 1. The number of nitrogens with zero attached hydrogens (tertiary/aromatic N) is 1. The van der Waals surface area contributed by atoms with Gasteiger partial charge < -0.3 is 10.5 Å². The maximum atomic E-state index is 11.1. The molecule has 0 aliphatic carbocycles. The molecule has 2 N–H and O–H groups in total. The van der Waals surface area contributed by atoms with E-state index in [0.717, 1.165) is 0 Å². The first kappa shape index (κ1) is 10.1. The van der Waals surface area contributed by atoms with Crippen molar-refractivity contribution >= 4 is 5.91 Å². The van der Waals surface area contributed by atoms with E-state index in [1.54, 1.807) is 19.1 Å². The van der Waals surface area contributed by atoms with E-state index in [1.807, 2.05) is 6.07 Å². The molecule has 0 saturated heterocycles. The van der Waals surface area contributed by atoms with Gasteiger partial charge in [0.05, 0.1) is 18.2 Å². The molecular formula is C10H10N2O2. The summed E-state index contributed by atoms with van der Waals surface area (Å²) in [7, 11) is 1.43. The predicted molar refractivity (Wildman–Crippen MR) is 51.0 cm³/mol. The van der Waals surface area contributed by atoms with Gasteiger partial charge in [0.15, 0.2) is 0 Å². The van der Waals surface area contributed by atoms with Crippen LogP contribution in [0.25, 0.3) is 0 Å². The van der Waals surface area contributed by atoms with Gasteiger partial charge in [-0.2, -0.15) is 5.26 Å². The van der Waals surface area contributed by atoms with Crippen LogP contribution in [0.3, 0.4) is 0 Å². The Hall–Kier alpha value is -2.02. The molecule has 4 heteroatoms. The number of hydrogen-bond donors (Lipinski definition) is 1. The van der Waals surface area contributed by atoms with E-state index in [2.05, 4.69) is 0 Å². The molecular weight excluding hydrogens is 180 g/mol. The normalized spacial score (nSPS) is 9.21. The number of rotatable bonds is 2. The molecule has 1 amide bonds. The summed E-state index contributed by atoms with van der Waals surface area (Å²) in [5.74, 6) is -0.318. The highest BCUT2D eigenvalue weighted by Gasteiger charge is 2.16. The molecule has 1 aromatic carbocycles. The molecule has 0 bridgehead atoms. The number of nitriles is 1. The second-order valence-electron chi connectivity index (χ2n) is 2.81. The fraction of sp³-hybridized carbons (Fsp3) is 0.200. The third-order valence-electron chi connectivity index (χ3n) is 1.95. The Bertz CT molecular complexity index is 419. The Morgan fingerprint density at radius 2 is 2.21 bits per heavy atom. The van der Waals surface area contributed by atoms with Crippen LogP contribution in [0.1, 0.15) is 21.5 Å².